The fourth-order valence-electron chi connectivity index (χ4n) is 1.37. The minimum atomic E-state index is 0.596. The Balaban J connectivity index is 2.46. The van der Waals surface area contributed by atoms with Crippen molar-refractivity contribution in [2.24, 2.45) is 5.73 Å². The minimum Gasteiger partial charge on any atom is -0.399 e. The summed E-state index contributed by atoms with van der Waals surface area (Å²) in [6, 6.07) is 12.0. The van der Waals surface area contributed by atoms with Crippen molar-refractivity contribution in [3.63, 3.8) is 0 Å². The van der Waals surface area contributed by atoms with E-state index in [4.69, 9.17) is 5.73 Å². The minimum absolute atomic E-state index is 0.596. The molecule has 0 unspecified atom stereocenters. The van der Waals surface area contributed by atoms with Gasteiger partial charge in [-0.05, 0) is 29.8 Å². The van der Waals surface area contributed by atoms with Crippen LogP contribution in [0.1, 0.15) is 5.56 Å². The second kappa shape index (κ2) is 3.42. The van der Waals surface area contributed by atoms with Crippen LogP contribution in [-0.4, -0.2) is 4.57 Å². The van der Waals surface area contributed by atoms with Crippen LogP contribution in [0.15, 0.2) is 55.4 Å². The molecule has 0 atom stereocenters. The zero-order valence-electron chi connectivity index (χ0n) is 7.85. The van der Waals surface area contributed by atoms with Gasteiger partial charge in [0.1, 0.15) is 0 Å². The number of aromatic nitrogens is 1. The van der Waals surface area contributed by atoms with Crippen LogP contribution in [0.3, 0.4) is 0 Å². The van der Waals surface area contributed by atoms with Crippen molar-refractivity contribution in [3.8, 4) is 5.69 Å². The van der Waals surface area contributed by atoms with E-state index in [-0.39, 0.29) is 0 Å². The standard InChI is InChI=1S/C12H12N2/c1-10(13)11-5-4-6-12(9-11)14-7-2-3-8-14/h2-9H,1,13H2. The van der Waals surface area contributed by atoms with E-state index in [9.17, 15) is 0 Å². The zero-order chi connectivity index (χ0) is 9.97. The molecule has 0 fully saturated rings. The third-order valence-corrected chi connectivity index (χ3v) is 2.12. The molecule has 0 aliphatic carbocycles. The SMILES string of the molecule is C=C(N)c1cccc(-n2cccc2)c1. The van der Waals surface area contributed by atoms with Gasteiger partial charge in [0.05, 0.1) is 0 Å². The van der Waals surface area contributed by atoms with Crippen molar-refractivity contribution < 1.29 is 0 Å². The van der Waals surface area contributed by atoms with Crippen LogP contribution in [-0.2, 0) is 0 Å². The lowest BCUT2D eigenvalue weighted by Crippen LogP contribution is -1.96. The van der Waals surface area contributed by atoms with Gasteiger partial charge >= 0.3 is 0 Å². The highest BCUT2D eigenvalue weighted by Crippen LogP contribution is 2.13. The third kappa shape index (κ3) is 1.55. The van der Waals surface area contributed by atoms with Crippen molar-refractivity contribution in [1.82, 2.24) is 4.57 Å². The molecular weight excluding hydrogens is 172 g/mol. The Kier molecular flexibility index (Phi) is 2.11. The Morgan fingerprint density at radius 2 is 1.86 bits per heavy atom. The summed E-state index contributed by atoms with van der Waals surface area (Å²) in [7, 11) is 0. The molecule has 0 bridgehead atoms. The van der Waals surface area contributed by atoms with Crippen LogP contribution in [0.2, 0.25) is 0 Å². The highest BCUT2D eigenvalue weighted by Gasteiger charge is 1.97. The second-order valence-corrected chi connectivity index (χ2v) is 3.17. The first kappa shape index (κ1) is 8.63. The lowest BCUT2D eigenvalue weighted by molar-refractivity contribution is 1.08. The summed E-state index contributed by atoms with van der Waals surface area (Å²) in [5.41, 5.74) is 8.29. The second-order valence-electron chi connectivity index (χ2n) is 3.17. The zero-order valence-corrected chi connectivity index (χ0v) is 7.85. The van der Waals surface area contributed by atoms with Gasteiger partial charge in [0.15, 0.2) is 0 Å². The average molecular weight is 184 g/mol. The normalized spacial score (nSPS) is 10.0. The maximum Gasteiger partial charge on any atom is 0.0456 e. The summed E-state index contributed by atoms with van der Waals surface area (Å²) in [5, 5.41) is 0. The van der Waals surface area contributed by atoms with Crippen LogP contribution in [0.5, 0.6) is 0 Å². The van der Waals surface area contributed by atoms with Crippen LogP contribution in [0.25, 0.3) is 11.4 Å². The summed E-state index contributed by atoms with van der Waals surface area (Å²) in [6.45, 7) is 3.72. The average Bonchev–Trinajstić information content (AvgIpc) is 2.71. The van der Waals surface area contributed by atoms with Gasteiger partial charge in [0.25, 0.3) is 0 Å². The molecule has 2 aromatic rings. The molecule has 1 aromatic carbocycles. The topological polar surface area (TPSA) is 30.9 Å². The lowest BCUT2D eigenvalue weighted by atomic mass is 10.1. The fraction of sp³-hybridized carbons (Fsp3) is 0. The van der Waals surface area contributed by atoms with Crippen molar-refractivity contribution in [1.29, 1.82) is 0 Å². The maximum absolute atomic E-state index is 5.63. The molecule has 0 amide bonds. The molecule has 2 rings (SSSR count). The first-order chi connectivity index (χ1) is 6.77. The fourth-order valence-corrected chi connectivity index (χ4v) is 1.37. The van der Waals surface area contributed by atoms with Gasteiger partial charge in [0.2, 0.25) is 0 Å². The third-order valence-electron chi connectivity index (χ3n) is 2.12. The van der Waals surface area contributed by atoms with Crippen LogP contribution in [0, 0.1) is 0 Å². The number of nitrogens with two attached hydrogens (primary N) is 1. The molecule has 0 spiro atoms. The van der Waals surface area contributed by atoms with Gasteiger partial charge in [-0.3, -0.25) is 0 Å². The molecule has 2 heteroatoms. The first-order valence-electron chi connectivity index (χ1n) is 4.45. The molecule has 2 nitrogen and oxygen atoms in total. The Hall–Kier alpha value is -1.96. The van der Waals surface area contributed by atoms with Crippen LogP contribution < -0.4 is 5.73 Å². The summed E-state index contributed by atoms with van der Waals surface area (Å²) in [5.74, 6) is 0. The van der Waals surface area contributed by atoms with Gasteiger partial charge < -0.3 is 10.3 Å². The van der Waals surface area contributed by atoms with Crippen molar-refractivity contribution in [2.75, 3.05) is 0 Å². The van der Waals surface area contributed by atoms with Gasteiger partial charge in [-0.15, -0.1) is 0 Å². The number of hydrogen-bond donors (Lipinski definition) is 1. The van der Waals surface area contributed by atoms with Crippen molar-refractivity contribution >= 4 is 5.70 Å². The van der Waals surface area contributed by atoms with E-state index in [0.29, 0.717) is 5.70 Å². The van der Waals surface area contributed by atoms with E-state index >= 15 is 0 Å². The Morgan fingerprint density at radius 3 is 2.50 bits per heavy atom. The predicted molar refractivity (Wildman–Crippen MR) is 59.0 cm³/mol. The molecule has 0 radical (unpaired) electrons. The number of nitrogens with zero attached hydrogens (tertiary/aromatic N) is 1. The van der Waals surface area contributed by atoms with E-state index in [1.165, 1.54) is 0 Å². The van der Waals surface area contributed by atoms with Crippen LogP contribution in [0.4, 0.5) is 0 Å². The van der Waals surface area contributed by atoms with E-state index < -0.39 is 0 Å². The van der Waals surface area contributed by atoms with Crippen molar-refractivity contribution in [3.05, 3.63) is 60.9 Å². The molecule has 2 N–H and O–H groups in total. The molecule has 70 valence electrons. The Bertz CT molecular complexity index is 441. The molecule has 0 saturated carbocycles. The first-order valence-corrected chi connectivity index (χ1v) is 4.45. The quantitative estimate of drug-likeness (QED) is 0.763. The largest absolute Gasteiger partial charge is 0.399 e. The van der Waals surface area contributed by atoms with Crippen molar-refractivity contribution in [2.45, 2.75) is 0 Å². The monoisotopic (exact) mass is 184 g/mol. The van der Waals surface area contributed by atoms with Crippen LogP contribution >= 0.6 is 0 Å². The predicted octanol–water partition coefficient (Wildman–Crippen LogP) is 2.41. The van der Waals surface area contributed by atoms with E-state index in [0.717, 1.165) is 11.3 Å². The maximum atomic E-state index is 5.63. The lowest BCUT2D eigenvalue weighted by Gasteiger charge is -2.05. The summed E-state index contributed by atoms with van der Waals surface area (Å²) in [6.07, 6.45) is 4.00. The molecule has 0 aliphatic heterocycles. The molecule has 0 saturated heterocycles. The Morgan fingerprint density at radius 1 is 1.14 bits per heavy atom. The molecule has 0 aliphatic rings. The van der Waals surface area contributed by atoms with Gasteiger partial charge in [-0.25, -0.2) is 0 Å². The number of rotatable bonds is 2. The van der Waals surface area contributed by atoms with Gasteiger partial charge in [0, 0.05) is 23.8 Å². The highest BCUT2D eigenvalue weighted by atomic mass is 14.9. The Labute approximate surface area is 83.3 Å². The van der Waals surface area contributed by atoms with Gasteiger partial charge in [-0.2, -0.15) is 0 Å². The van der Waals surface area contributed by atoms with E-state index in [1.807, 2.05) is 53.4 Å². The molecule has 14 heavy (non-hydrogen) atoms. The summed E-state index contributed by atoms with van der Waals surface area (Å²) < 4.78 is 2.03. The highest BCUT2D eigenvalue weighted by molar-refractivity contribution is 5.62. The van der Waals surface area contributed by atoms with E-state index in [1.54, 1.807) is 0 Å². The molecule has 1 heterocycles. The number of benzene rings is 1. The molecular formula is C12H12N2. The molecule has 1 aromatic heterocycles. The summed E-state index contributed by atoms with van der Waals surface area (Å²) >= 11 is 0. The van der Waals surface area contributed by atoms with E-state index in [2.05, 4.69) is 6.58 Å². The summed E-state index contributed by atoms with van der Waals surface area (Å²) in [4.78, 5) is 0. The smallest absolute Gasteiger partial charge is 0.0456 e. The number of hydrogen-bond acceptors (Lipinski definition) is 1. The van der Waals surface area contributed by atoms with Gasteiger partial charge in [-0.1, -0.05) is 18.7 Å².